The maximum Gasteiger partial charge on any atom is 0.328 e. The molecular weight excluding hydrogens is 272 g/mol. The van der Waals surface area contributed by atoms with Crippen molar-refractivity contribution >= 4 is 18.3 Å². The lowest BCUT2D eigenvalue weighted by Crippen LogP contribution is -2.37. The molecule has 3 N–H and O–H groups in total. The Morgan fingerprint density at radius 2 is 2.05 bits per heavy atom. The Morgan fingerprint density at radius 3 is 2.68 bits per heavy atom. The molecule has 0 spiro atoms. The van der Waals surface area contributed by atoms with Crippen LogP contribution in [-0.2, 0) is 11.3 Å². The number of aromatic nitrogens is 2. The predicted molar refractivity (Wildman–Crippen MR) is 74.7 cm³/mol. The maximum absolute atomic E-state index is 11.5. The van der Waals surface area contributed by atoms with E-state index in [-0.39, 0.29) is 24.9 Å². The Bertz CT molecular complexity index is 497. The van der Waals surface area contributed by atoms with Crippen molar-refractivity contribution in [3.8, 4) is 0 Å². The van der Waals surface area contributed by atoms with E-state index in [0.717, 1.165) is 17.5 Å². The zero-order valence-corrected chi connectivity index (χ0v) is 11.6. The minimum absolute atomic E-state index is 0. The highest BCUT2D eigenvalue weighted by atomic mass is 35.5. The summed E-state index contributed by atoms with van der Waals surface area (Å²) < 4.78 is 1.15. The molecule has 1 amide bonds. The topological polar surface area (TPSA) is 96.0 Å². The van der Waals surface area contributed by atoms with E-state index < -0.39 is 11.2 Å². The fourth-order valence-corrected chi connectivity index (χ4v) is 1.37. The Balaban J connectivity index is 0.00000324. The number of hydrogen-bond acceptors (Lipinski definition) is 4. The molecule has 1 heterocycles. The standard InChI is InChI=1S/C11H18N4O3.ClH/c1-2-4-12-5-6-13-10(17)8-15-7-3-9(16)14-11(15)18;/h3,7,12H,2,4-6,8H2,1H3,(H,13,17)(H,14,16,18);1H. The van der Waals surface area contributed by atoms with Gasteiger partial charge in [0.2, 0.25) is 5.91 Å². The lowest BCUT2D eigenvalue weighted by atomic mass is 10.4. The van der Waals surface area contributed by atoms with Crippen LogP contribution in [0.15, 0.2) is 21.9 Å². The highest BCUT2D eigenvalue weighted by Crippen LogP contribution is 1.77. The molecule has 1 aromatic rings. The molecule has 0 radical (unpaired) electrons. The molecule has 0 bridgehead atoms. The van der Waals surface area contributed by atoms with E-state index in [0.29, 0.717) is 13.1 Å². The highest BCUT2D eigenvalue weighted by Gasteiger charge is 2.03. The normalized spacial score (nSPS) is 9.74. The number of rotatable bonds is 7. The van der Waals surface area contributed by atoms with Gasteiger partial charge < -0.3 is 10.6 Å². The average Bonchev–Trinajstić information content (AvgIpc) is 2.32. The number of nitrogens with zero attached hydrogens (tertiary/aromatic N) is 1. The Kier molecular flexibility index (Phi) is 8.56. The van der Waals surface area contributed by atoms with Gasteiger partial charge in [-0.1, -0.05) is 6.92 Å². The van der Waals surface area contributed by atoms with Crippen molar-refractivity contribution in [1.82, 2.24) is 20.2 Å². The van der Waals surface area contributed by atoms with E-state index in [4.69, 9.17) is 0 Å². The summed E-state index contributed by atoms with van der Waals surface area (Å²) >= 11 is 0. The molecule has 0 unspecified atom stereocenters. The molecule has 1 aromatic heterocycles. The van der Waals surface area contributed by atoms with Crippen LogP contribution in [0.2, 0.25) is 0 Å². The van der Waals surface area contributed by atoms with Gasteiger partial charge in [-0.15, -0.1) is 12.4 Å². The lowest BCUT2D eigenvalue weighted by Gasteiger charge is -2.07. The van der Waals surface area contributed by atoms with E-state index in [1.165, 1.54) is 12.3 Å². The van der Waals surface area contributed by atoms with Gasteiger partial charge in [-0.2, -0.15) is 0 Å². The fourth-order valence-electron chi connectivity index (χ4n) is 1.37. The van der Waals surface area contributed by atoms with Gasteiger partial charge >= 0.3 is 5.69 Å². The van der Waals surface area contributed by atoms with Crippen molar-refractivity contribution in [1.29, 1.82) is 0 Å². The second-order valence-corrected chi connectivity index (χ2v) is 3.84. The third kappa shape index (κ3) is 6.78. The van der Waals surface area contributed by atoms with Crippen molar-refractivity contribution in [3.05, 3.63) is 33.1 Å². The molecule has 108 valence electrons. The first-order chi connectivity index (χ1) is 8.63. The third-order valence-electron chi connectivity index (χ3n) is 2.26. The average molecular weight is 291 g/mol. The highest BCUT2D eigenvalue weighted by molar-refractivity contribution is 5.85. The first-order valence-electron chi connectivity index (χ1n) is 5.90. The minimum atomic E-state index is -0.582. The molecule has 19 heavy (non-hydrogen) atoms. The number of nitrogens with one attached hydrogen (secondary N) is 3. The van der Waals surface area contributed by atoms with Gasteiger partial charge in [-0.3, -0.25) is 19.1 Å². The van der Waals surface area contributed by atoms with Gasteiger partial charge in [0.15, 0.2) is 0 Å². The SMILES string of the molecule is CCCNCCNC(=O)Cn1ccc(=O)[nH]c1=O.Cl. The number of carbonyl (C=O) groups is 1. The number of amides is 1. The monoisotopic (exact) mass is 290 g/mol. The second-order valence-electron chi connectivity index (χ2n) is 3.84. The molecular formula is C11H19ClN4O3. The van der Waals surface area contributed by atoms with Crippen molar-refractivity contribution in [2.75, 3.05) is 19.6 Å². The maximum atomic E-state index is 11.5. The zero-order chi connectivity index (χ0) is 13.4. The predicted octanol–water partition coefficient (Wildman–Crippen LogP) is -0.926. The van der Waals surface area contributed by atoms with E-state index in [2.05, 4.69) is 22.5 Å². The van der Waals surface area contributed by atoms with E-state index in [1.807, 2.05) is 0 Å². The molecule has 0 aliphatic rings. The van der Waals surface area contributed by atoms with E-state index in [9.17, 15) is 14.4 Å². The number of hydrogen-bond donors (Lipinski definition) is 3. The van der Waals surface area contributed by atoms with Gasteiger partial charge in [-0.25, -0.2) is 4.79 Å². The van der Waals surface area contributed by atoms with Crippen LogP contribution in [0.25, 0.3) is 0 Å². The number of aromatic amines is 1. The largest absolute Gasteiger partial charge is 0.353 e. The summed E-state index contributed by atoms with van der Waals surface area (Å²) in [6, 6.07) is 1.21. The minimum Gasteiger partial charge on any atom is -0.353 e. The molecule has 0 atom stereocenters. The smallest absolute Gasteiger partial charge is 0.328 e. The van der Waals surface area contributed by atoms with Crippen molar-refractivity contribution in [2.24, 2.45) is 0 Å². The van der Waals surface area contributed by atoms with Crippen LogP contribution in [-0.4, -0.2) is 35.1 Å². The molecule has 8 heteroatoms. The molecule has 7 nitrogen and oxygen atoms in total. The molecule has 0 aromatic carbocycles. The Hall–Kier alpha value is -1.60. The molecule has 0 fully saturated rings. The van der Waals surface area contributed by atoms with Crippen LogP contribution in [0.3, 0.4) is 0 Å². The van der Waals surface area contributed by atoms with Gasteiger partial charge in [0.05, 0.1) is 0 Å². The van der Waals surface area contributed by atoms with E-state index >= 15 is 0 Å². The van der Waals surface area contributed by atoms with Crippen LogP contribution < -0.4 is 21.9 Å². The summed E-state index contributed by atoms with van der Waals surface area (Å²) in [7, 11) is 0. The van der Waals surface area contributed by atoms with Gasteiger partial charge in [0.1, 0.15) is 6.54 Å². The van der Waals surface area contributed by atoms with Gasteiger partial charge in [0, 0.05) is 25.4 Å². The first kappa shape index (κ1) is 17.4. The van der Waals surface area contributed by atoms with Crippen LogP contribution in [0.1, 0.15) is 13.3 Å². The van der Waals surface area contributed by atoms with Crippen LogP contribution in [0.5, 0.6) is 0 Å². The van der Waals surface area contributed by atoms with Crippen molar-refractivity contribution in [3.63, 3.8) is 0 Å². The molecule has 0 aliphatic carbocycles. The number of H-pyrrole nitrogens is 1. The van der Waals surface area contributed by atoms with Crippen LogP contribution in [0, 0.1) is 0 Å². The Morgan fingerprint density at radius 1 is 1.32 bits per heavy atom. The quantitative estimate of drug-likeness (QED) is 0.566. The lowest BCUT2D eigenvalue weighted by molar-refractivity contribution is -0.121. The van der Waals surface area contributed by atoms with Crippen LogP contribution >= 0.6 is 12.4 Å². The summed E-state index contributed by atoms with van der Waals surface area (Å²) in [5, 5.41) is 5.82. The summed E-state index contributed by atoms with van der Waals surface area (Å²) in [5.74, 6) is -0.262. The Labute approximate surface area is 116 Å². The van der Waals surface area contributed by atoms with Gasteiger partial charge in [-0.05, 0) is 13.0 Å². The first-order valence-corrected chi connectivity index (χ1v) is 5.90. The van der Waals surface area contributed by atoms with Crippen molar-refractivity contribution in [2.45, 2.75) is 19.9 Å². The molecule has 0 saturated carbocycles. The molecule has 1 rings (SSSR count). The number of carbonyl (C=O) groups excluding carboxylic acids is 1. The summed E-state index contributed by atoms with van der Waals surface area (Å²) in [4.78, 5) is 35.7. The molecule has 0 aliphatic heterocycles. The van der Waals surface area contributed by atoms with Gasteiger partial charge in [0.25, 0.3) is 5.56 Å². The van der Waals surface area contributed by atoms with E-state index in [1.54, 1.807) is 0 Å². The second kappa shape index (κ2) is 9.35. The molecule has 0 saturated heterocycles. The summed E-state index contributed by atoms with van der Waals surface area (Å²) in [6.07, 6.45) is 2.34. The number of halogens is 1. The van der Waals surface area contributed by atoms with Crippen molar-refractivity contribution < 1.29 is 4.79 Å². The zero-order valence-electron chi connectivity index (χ0n) is 10.8. The fraction of sp³-hybridized carbons (Fsp3) is 0.545. The summed E-state index contributed by atoms with van der Waals surface area (Å²) in [5.41, 5.74) is -1.05. The summed E-state index contributed by atoms with van der Waals surface area (Å²) in [6.45, 7) is 4.09. The van der Waals surface area contributed by atoms with Crippen LogP contribution in [0.4, 0.5) is 0 Å². The third-order valence-corrected chi connectivity index (χ3v) is 2.26.